The highest BCUT2D eigenvalue weighted by Gasteiger charge is 2.37. The maximum Gasteiger partial charge on any atom is 0.326 e. The summed E-state index contributed by atoms with van der Waals surface area (Å²) in [4.78, 5) is 35.0. The van der Waals surface area contributed by atoms with E-state index in [-0.39, 0.29) is 24.5 Å². The van der Waals surface area contributed by atoms with Gasteiger partial charge in [-0.2, -0.15) is 0 Å². The van der Waals surface area contributed by atoms with Gasteiger partial charge in [-0.05, 0) is 49.4 Å². The van der Waals surface area contributed by atoms with E-state index in [1.165, 1.54) is 0 Å². The maximum absolute atomic E-state index is 12.1. The molecule has 0 aliphatic heterocycles. The van der Waals surface area contributed by atoms with Crippen LogP contribution in [0.5, 0.6) is 5.75 Å². The van der Waals surface area contributed by atoms with Crippen LogP contribution in [-0.4, -0.2) is 35.4 Å². The molecule has 1 saturated carbocycles. The number of nitrogens with one attached hydrogen (secondary N) is 1. The zero-order valence-electron chi connectivity index (χ0n) is 13.8. The maximum atomic E-state index is 12.1. The van der Waals surface area contributed by atoms with E-state index < -0.39 is 17.9 Å². The van der Waals surface area contributed by atoms with Gasteiger partial charge >= 0.3 is 5.97 Å². The van der Waals surface area contributed by atoms with Crippen LogP contribution in [0, 0.1) is 5.92 Å². The van der Waals surface area contributed by atoms with Crippen molar-refractivity contribution in [3.8, 4) is 5.75 Å². The third-order valence-electron chi connectivity index (χ3n) is 3.90. The highest BCUT2D eigenvalue weighted by atomic mass is 16.5. The second kappa shape index (κ2) is 8.47. The number of carboxylic acid groups (broad SMARTS) is 1. The number of amides is 1. The molecule has 2 rings (SSSR count). The van der Waals surface area contributed by atoms with Crippen molar-refractivity contribution in [2.24, 2.45) is 5.92 Å². The van der Waals surface area contributed by atoms with Crippen molar-refractivity contribution in [2.45, 2.75) is 45.1 Å². The summed E-state index contributed by atoms with van der Waals surface area (Å²) in [6.45, 7) is 2.64. The van der Waals surface area contributed by atoms with Crippen molar-refractivity contribution in [1.29, 1.82) is 0 Å². The number of carboxylic acids is 1. The normalized spacial score (nSPS) is 14.7. The van der Waals surface area contributed by atoms with E-state index >= 15 is 0 Å². The van der Waals surface area contributed by atoms with Crippen molar-refractivity contribution in [1.82, 2.24) is 5.32 Å². The number of aliphatic carboxylic acids is 1. The number of Topliss-reactive ketones (excluding diaryl/α,β-unsaturated/α-hetero) is 1. The average molecular weight is 333 g/mol. The quantitative estimate of drug-likeness (QED) is 0.642. The van der Waals surface area contributed by atoms with Gasteiger partial charge in [0.2, 0.25) is 5.91 Å². The zero-order chi connectivity index (χ0) is 17.5. The number of ketones is 1. The summed E-state index contributed by atoms with van der Waals surface area (Å²) in [6, 6.07) is 5.99. The van der Waals surface area contributed by atoms with Gasteiger partial charge in [-0.3, -0.25) is 9.59 Å². The predicted molar refractivity (Wildman–Crippen MR) is 88.1 cm³/mol. The topological polar surface area (TPSA) is 92.7 Å². The molecule has 130 valence electrons. The molecule has 1 aliphatic rings. The Morgan fingerprint density at radius 3 is 2.42 bits per heavy atom. The summed E-state index contributed by atoms with van der Waals surface area (Å²) in [5.41, 5.74) is 0.517. The molecular weight excluding hydrogens is 310 g/mol. The van der Waals surface area contributed by atoms with Crippen LogP contribution < -0.4 is 10.1 Å². The molecule has 2 N–H and O–H groups in total. The van der Waals surface area contributed by atoms with Gasteiger partial charge in [-0.1, -0.05) is 6.92 Å². The lowest BCUT2D eigenvalue weighted by Crippen LogP contribution is -2.42. The number of hydrogen-bond donors (Lipinski definition) is 2. The van der Waals surface area contributed by atoms with Crippen LogP contribution >= 0.6 is 0 Å². The summed E-state index contributed by atoms with van der Waals surface area (Å²) < 4.78 is 5.45. The first-order chi connectivity index (χ1) is 11.5. The van der Waals surface area contributed by atoms with Crippen molar-refractivity contribution in [3.63, 3.8) is 0 Å². The largest absolute Gasteiger partial charge is 0.494 e. The lowest BCUT2D eigenvalue weighted by atomic mass is 10.1. The van der Waals surface area contributed by atoms with Crippen LogP contribution in [0.3, 0.4) is 0 Å². The van der Waals surface area contributed by atoms with Crippen LogP contribution in [0.15, 0.2) is 24.3 Å². The van der Waals surface area contributed by atoms with Gasteiger partial charge in [0.15, 0.2) is 5.78 Å². The number of ether oxygens (including phenoxy) is 1. The van der Waals surface area contributed by atoms with Crippen molar-refractivity contribution < 1.29 is 24.2 Å². The molecule has 0 aromatic heterocycles. The number of rotatable bonds is 10. The Bertz CT molecular complexity index is 592. The molecule has 1 aromatic carbocycles. The van der Waals surface area contributed by atoms with Gasteiger partial charge in [0.05, 0.1) is 6.61 Å². The number of carbonyl (C=O) groups excluding carboxylic acids is 2. The highest BCUT2D eigenvalue weighted by molar-refractivity contribution is 5.98. The fourth-order valence-electron chi connectivity index (χ4n) is 2.38. The minimum atomic E-state index is -1.01. The SMILES string of the molecule is CCCOc1ccc(C(=O)CCC(=O)NC(C(=O)O)C2CC2)cc1. The van der Waals surface area contributed by atoms with Crippen molar-refractivity contribution in [2.75, 3.05) is 6.61 Å². The first-order valence-corrected chi connectivity index (χ1v) is 8.29. The fraction of sp³-hybridized carbons (Fsp3) is 0.500. The van der Waals surface area contributed by atoms with Crippen molar-refractivity contribution >= 4 is 17.7 Å². The van der Waals surface area contributed by atoms with Crippen LogP contribution in [0.4, 0.5) is 0 Å². The molecular formula is C18H23NO5. The third-order valence-corrected chi connectivity index (χ3v) is 3.90. The Hall–Kier alpha value is -2.37. The van der Waals surface area contributed by atoms with E-state index in [2.05, 4.69) is 5.32 Å². The standard InChI is InChI=1S/C18H23NO5/c1-2-11-24-14-7-5-12(6-8-14)15(20)9-10-16(21)19-17(18(22)23)13-3-4-13/h5-8,13,17H,2-4,9-11H2,1H3,(H,19,21)(H,22,23). The molecule has 0 saturated heterocycles. The van der Waals surface area contributed by atoms with Crippen LogP contribution in [0.1, 0.15) is 49.4 Å². The van der Waals surface area contributed by atoms with Crippen LogP contribution in [0.2, 0.25) is 0 Å². The van der Waals surface area contributed by atoms with Gasteiger partial charge in [-0.15, -0.1) is 0 Å². The van der Waals surface area contributed by atoms with E-state index in [4.69, 9.17) is 9.84 Å². The highest BCUT2D eigenvalue weighted by Crippen LogP contribution is 2.32. The summed E-state index contributed by atoms with van der Waals surface area (Å²) in [5.74, 6) is -0.825. The van der Waals surface area contributed by atoms with E-state index in [1.807, 2.05) is 6.92 Å². The average Bonchev–Trinajstić information content (AvgIpc) is 3.40. The minimum absolute atomic E-state index is 0.0105. The second-order valence-corrected chi connectivity index (χ2v) is 6.02. The smallest absolute Gasteiger partial charge is 0.326 e. The molecule has 0 heterocycles. The number of hydrogen-bond acceptors (Lipinski definition) is 4. The first-order valence-electron chi connectivity index (χ1n) is 8.29. The second-order valence-electron chi connectivity index (χ2n) is 6.02. The van der Waals surface area contributed by atoms with E-state index in [1.54, 1.807) is 24.3 Å². The summed E-state index contributed by atoms with van der Waals surface area (Å²) in [6.07, 6.45) is 2.60. The molecule has 1 fully saturated rings. The molecule has 1 aliphatic carbocycles. The summed E-state index contributed by atoms with van der Waals surface area (Å²) >= 11 is 0. The molecule has 1 amide bonds. The van der Waals surface area contributed by atoms with E-state index in [0.29, 0.717) is 17.9 Å². The molecule has 6 nitrogen and oxygen atoms in total. The molecule has 1 unspecified atom stereocenters. The Kier molecular flexibility index (Phi) is 6.35. The van der Waals surface area contributed by atoms with Crippen LogP contribution in [0.25, 0.3) is 0 Å². The Balaban J connectivity index is 1.79. The fourth-order valence-corrected chi connectivity index (χ4v) is 2.38. The van der Waals surface area contributed by atoms with Gasteiger partial charge in [-0.25, -0.2) is 4.79 Å². The number of benzene rings is 1. The van der Waals surface area contributed by atoms with E-state index in [9.17, 15) is 14.4 Å². The summed E-state index contributed by atoms with van der Waals surface area (Å²) in [7, 11) is 0. The van der Waals surface area contributed by atoms with E-state index in [0.717, 1.165) is 19.3 Å². The first kappa shape index (κ1) is 18.0. The van der Waals surface area contributed by atoms with Gasteiger partial charge in [0.25, 0.3) is 0 Å². The van der Waals surface area contributed by atoms with Gasteiger partial charge in [0, 0.05) is 18.4 Å². The van der Waals surface area contributed by atoms with Gasteiger partial charge < -0.3 is 15.2 Å². The number of carbonyl (C=O) groups is 3. The third kappa shape index (κ3) is 5.37. The molecule has 1 atom stereocenters. The summed E-state index contributed by atoms with van der Waals surface area (Å²) in [5, 5.41) is 11.6. The molecule has 0 spiro atoms. The Labute approximate surface area is 141 Å². The molecule has 0 radical (unpaired) electrons. The Morgan fingerprint density at radius 2 is 1.88 bits per heavy atom. The zero-order valence-corrected chi connectivity index (χ0v) is 13.8. The lowest BCUT2D eigenvalue weighted by molar-refractivity contribution is -0.142. The van der Waals surface area contributed by atoms with Crippen molar-refractivity contribution in [3.05, 3.63) is 29.8 Å². The predicted octanol–water partition coefficient (Wildman–Crippen LogP) is 2.42. The molecule has 1 aromatic rings. The Morgan fingerprint density at radius 1 is 1.21 bits per heavy atom. The molecule has 24 heavy (non-hydrogen) atoms. The van der Waals surface area contributed by atoms with Crippen LogP contribution in [-0.2, 0) is 9.59 Å². The molecule has 0 bridgehead atoms. The monoisotopic (exact) mass is 333 g/mol. The molecule has 6 heteroatoms. The van der Waals surface area contributed by atoms with Gasteiger partial charge in [0.1, 0.15) is 11.8 Å². The lowest BCUT2D eigenvalue weighted by Gasteiger charge is -2.13. The minimum Gasteiger partial charge on any atom is -0.494 e.